The minimum atomic E-state index is -0.322. The van der Waals surface area contributed by atoms with E-state index in [2.05, 4.69) is 16.2 Å². The number of rotatable bonds is 2. The van der Waals surface area contributed by atoms with E-state index in [0.717, 1.165) is 26.9 Å². The Hall–Kier alpha value is -2.15. The van der Waals surface area contributed by atoms with Gasteiger partial charge in [0.25, 0.3) is 5.91 Å². The number of aryl methyl sites for hydroxylation is 2. The SMILES string of the molecule is Cc1cccc(C)c1NC(=S)NNC(=O)c1sc2ccccc2c1Cl. The molecule has 1 amide bonds. The summed E-state index contributed by atoms with van der Waals surface area (Å²) < 4.78 is 0.967. The molecule has 128 valence electrons. The number of nitrogens with one attached hydrogen (secondary N) is 3. The zero-order chi connectivity index (χ0) is 18.0. The Labute approximate surface area is 160 Å². The van der Waals surface area contributed by atoms with Crippen molar-refractivity contribution in [1.29, 1.82) is 0 Å². The maximum atomic E-state index is 12.4. The zero-order valence-electron chi connectivity index (χ0n) is 13.6. The lowest BCUT2D eigenvalue weighted by Crippen LogP contribution is -2.43. The Bertz CT molecular complexity index is 948. The Balaban J connectivity index is 1.67. The van der Waals surface area contributed by atoms with Gasteiger partial charge in [-0.15, -0.1) is 11.3 Å². The van der Waals surface area contributed by atoms with Gasteiger partial charge >= 0.3 is 0 Å². The number of para-hydroxylation sites is 1. The summed E-state index contributed by atoms with van der Waals surface area (Å²) >= 11 is 12.9. The topological polar surface area (TPSA) is 53.2 Å². The Morgan fingerprint density at radius 2 is 1.72 bits per heavy atom. The molecule has 1 aromatic heterocycles. The number of anilines is 1. The number of thiocarbonyl (C=S) groups is 1. The van der Waals surface area contributed by atoms with Crippen molar-refractivity contribution in [1.82, 2.24) is 10.9 Å². The fraction of sp³-hybridized carbons (Fsp3) is 0.111. The molecule has 3 aromatic rings. The predicted octanol–water partition coefficient (Wildman–Crippen LogP) is 4.80. The Kier molecular flexibility index (Phi) is 5.22. The summed E-state index contributed by atoms with van der Waals surface area (Å²) in [5, 5.41) is 4.73. The smallest absolute Gasteiger partial charge is 0.281 e. The zero-order valence-corrected chi connectivity index (χ0v) is 16.0. The van der Waals surface area contributed by atoms with Gasteiger partial charge in [0.15, 0.2) is 5.11 Å². The molecule has 2 aromatic carbocycles. The number of hydrogen-bond acceptors (Lipinski definition) is 3. The molecule has 0 aliphatic heterocycles. The number of thiophene rings is 1. The monoisotopic (exact) mass is 389 g/mol. The van der Waals surface area contributed by atoms with Crippen LogP contribution >= 0.6 is 35.2 Å². The first-order valence-corrected chi connectivity index (χ1v) is 9.18. The largest absolute Gasteiger partial charge is 0.331 e. The van der Waals surface area contributed by atoms with Crippen molar-refractivity contribution in [2.45, 2.75) is 13.8 Å². The molecule has 4 nitrogen and oxygen atoms in total. The average Bonchev–Trinajstić information content (AvgIpc) is 2.93. The molecule has 7 heteroatoms. The highest BCUT2D eigenvalue weighted by atomic mass is 35.5. The van der Waals surface area contributed by atoms with Crippen LogP contribution in [0.15, 0.2) is 42.5 Å². The summed E-state index contributed by atoms with van der Waals surface area (Å²) in [5.74, 6) is -0.322. The third-order valence-corrected chi connectivity index (χ3v) is 5.63. The molecule has 1 heterocycles. The van der Waals surface area contributed by atoms with Crippen molar-refractivity contribution in [3.63, 3.8) is 0 Å². The van der Waals surface area contributed by atoms with E-state index in [-0.39, 0.29) is 5.91 Å². The minimum Gasteiger partial charge on any atom is -0.331 e. The highest BCUT2D eigenvalue weighted by Gasteiger charge is 2.17. The maximum Gasteiger partial charge on any atom is 0.281 e. The summed E-state index contributed by atoms with van der Waals surface area (Å²) in [6, 6.07) is 13.6. The molecule has 0 spiro atoms. The standard InChI is InChI=1S/C18H16ClN3OS2/c1-10-6-5-7-11(2)15(10)20-18(24)22-21-17(23)16-14(19)12-8-3-4-9-13(12)25-16/h3-9H,1-2H3,(H,21,23)(H2,20,22,24). The van der Waals surface area contributed by atoms with Crippen LogP contribution in [0.5, 0.6) is 0 Å². The summed E-state index contributed by atoms with van der Waals surface area (Å²) in [4.78, 5) is 12.8. The van der Waals surface area contributed by atoms with Crippen molar-refractivity contribution in [3.05, 3.63) is 63.5 Å². The van der Waals surface area contributed by atoms with Crippen molar-refractivity contribution in [2.75, 3.05) is 5.32 Å². The van der Waals surface area contributed by atoms with Crippen molar-refractivity contribution >= 4 is 61.9 Å². The van der Waals surface area contributed by atoms with Gasteiger partial charge in [-0.2, -0.15) is 0 Å². The number of fused-ring (bicyclic) bond motifs is 1. The molecule has 3 N–H and O–H groups in total. The molecule has 0 saturated carbocycles. The highest BCUT2D eigenvalue weighted by molar-refractivity contribution is 7.80. The number of benzene rings is 2. The predicted molar refractivity (Wildman–Crippen MR) is 110 cm³/mol. The lowest BCUT2D eigenvalue weighted by molar-refractivity contribution is 0.0948. The van der Waals surface area contributed by atoms with E-state index in [4.69, 9.17) is 23.8 Å². The quantitative estimate of drug-likeness (QED) is 0.435. The van der Waals surface area contributed by atoms with E-state index in [1.165, 1.54) is 11.3 Å². The average molecular weight is 390 g/mol. The molecule has 25 heavy (non-hydrogen) atoms. The Morgan fingerprint density at radius 3 is 2.40 bits per heavy atom. The summed E-state index contributed by atoms with van der Waals surface area (Å²) in [6.45, 7) is 3.99. The lowest BCUT2D eigenvalue weighted by atomic mass is 10.1. The van der Waals surface area contributed by atoms with Crippen LogP contribution in [0.2, 0.25) is 5.02 Å². The number of halogens is 1. The van der Waals surface area contributed by atoms with Crippen LogP contribution in [0.1, 0.15) is 20.8 Å². The van der Waals surface area contributed by atoms with Crippen molar-refractivity contribution in [3.8, 4) is 0 Å². The third kappa shape index (κ3) is 3.76. The van der Waals surface area contributed by atoms with Gasteiger partial charge in [0.05, 0.1) is 5.02 Å². The van der Waals surface area contributed by atoms with Gasteiger partial charge in [0, 0.05) is 15.8 Å². The first-order valence-electron chi connectivity index (χ1n) is 7.58. The van der Waals surface area contributed by atoms with Crippen LogP contribution in [0.25, 0.3) is 10.1 Å². The van der Waals surface area contributed by atoms with Gasteiger partial charge < -0.3 is 5.32 Å². The second-order valence-corrected chi connectivity index (χ2v) is 7.38. The molecule has 0 atom stereocenters. The number of carbonyl (C=O) groups is 1. The van der Waals surface area contributed by atoms with Gasteiger partial charge in [-0.05, 0) is 43.3 Å². The molecule has 0 saturated heterocycles. The second-order valence-electron chi connectivity index (χ2n) is 5.54. The van der Waals surface area contributed by atoms with Crippen LogP contribution in [-0.2, 0) is 0 Å². The number of carbonyl (C=O) groups excluding carboxylic acids is 1. The first kappa shape index (κ1) is 17.7. The summed E-state index contributed by atoms with van der Waals surface area (Å²) in [5.41, 5.74) is 8.39. The van der Waals surface area contributed by atoms with Crippen molar-refractivity contribution in [2.24, 2.45) is 0 Å². The molecule has 0 unspecified atom stereocenters. The molecular formula is C18H16ClN3OS2. The van der Waals surface area contributed by atoms with E-state index in [1.54, 1.807) is 0 Å². The van der Waals surface area contributed by atoms with Gasteiger partial charge in [0.1, 0.15) is 4.88 Å². The van der Waals surface area contributed by atoms with Gasteiger partial charge in [0.2, 0.25) is 0 Å². The molecule has 0 aliphatic carbocycles. The number of hydrazine groups is 1. The number of amides is 1. The Morgan fingerprint density at radius 1 is 1.04 bits per heavy atom. The van der Waals surface area contributed by atoms with Crippen LogP contribution < -0.4 is 16.2 Å². The van der Waals surface area contributed by atoms with E-state index < -0.39 is 0 Å². The molecular weight excluding hydrogens is 374 g/mol. The molecule has 3 rings (SSSR count). The third-order valence-electron chi connectivity index (χ3n) is 3.75. The molecule has 0 radical (unpaired) electrons. The normalized spacial score (nSPS) is 10.5. The lowest BCUT2D eigenvalue weighted by Gasteiger charge is -2.15. The van der Waals surface area contributed by atoms with Crippen molar-refractivity contribution < 1.29 is 4.79 Å². The van der Waals surface area contributed by atoms with E-state index in [9.17, 15) is 4.79 Å². The fourth-order valence-electron chi connectivity index (χ4n) is 2.49. The second kappa shape index (κ2) is 7.39. The van der Waals surface area contributed by atoms with E-state index in [0.29, 0.717) is 15.0 Å². The maximum absolute atomic E-state index is 12.4. The molecule has 0 fully saturated rings. The molecule has 0 bridgehead atoms. The number of hydrogen-bond donors (Lipinski definition) is 3. The van der Waals surface area contributed by atoms with Crippen LogP contribution in [0.4, 0.5) is 5.69 Å². The minimum absolute atomic E-state index is 0.308. The molecule has 0 aliphatic rings. The highest BCUT2D eigenvalue weighted by Crippen LogP contribution is 2.34. The summed E-state index contributed by atoms with van der Waals surface area (Å²) in [7, 11) is 0. The fourth-order valence-corrected chi connectivity index (χ4v) is 4.05. The van der Waals surface area contributed by atoms with Crippen LogP contribution in [-0.4, -0.2) is 11.0 Å². The van der Waals surface area contributed by atoms with Gasteiger partial charge in [-0.1, -0.05) is 48.0 Å². The van der Waals surface area contributed by atoms with Crippen LogP contribution in [0, 0.1) is 13.8 Å². The first-order chi connectivity index (χ1) is 12.0. The van der Waals surface area contributed by atoms with Gasteiger partial charge in [-0.3, -0.25) is 15.6 Å². The van der Waals surface area contributed by atoms with E-state index >= 15 is 0 Å². The van der Waals surface area contributed by atoms with E-state index in [1.807, 2.05) is 56.3 Å². The van der Waals surface area contributed by atoms with Crippen LogP contribution in [0.3, 0.4) is 0 Å². The van der Waals surface area contributed by atoms with Gasteiger partial charge in [-0.25, -0.2) is 0 Å². The summed E-state index contributed by atoms with van der Waals surface area (Å²) in [6.07, 6.45) is 0.